The summed E-state index contributed by atoms with van der Waals surface area (Å²) >= 11 is 0. The van der Waals surface area contributed by atoms with Gasteiger partial charge in [-0.05, 0) is 51.4 Å². The summed E-state index contributed by atoms with van der Waals surface area (Å²) in [4.78, 5) is 46.9. The molecule has 10 heteroatoms. The lowest BCUT2D eigenvalue weighted by molar-refractivity contribution is -0.140. The normalized spacial score (nSPS) is 12.5. The van der Waals surface area contributed by atoms with Crippen LogP contribution in [0.5, 0.6) is 0 Å². The van der Waals surface area contributed by atoms with E-state index in [0.717, 1.165) is 70.6 Å². The molecule has 0 aliphatic rings. The van der Waals surface area contributed by atoms with Crippen molar-refractivity contribution in [2.24, 2.45) is 0 Å². The number of aliphatic hydroxyl groups is 1. The van der Waals surface area contributed by atoms with Gasteiger partial charge in [-0.2, -0.15) is 0 Å². The summed E-state index contributed by atoms with van der Waals surface area (Å²) in [6.07, 6.45) is 19.7. The molecule has 262 valence electrons. The quantitative estimate of drug-likeness (QED) is 0.0333. The minimum Gasteiger partial charge on any atom is -0.511 e. The molecule has 2 amide bonds. The average molecular weight is 640 g/mol. The van der Waals surface area contributed by atoms with E-state index in [1.54, 1.807) is 0 Å². The highest BCUT2D eigenvalue weighted by molar-refractivity contribution is 5.77. The molecule has 45 heavy (non-hydrogen) atoms. The topological polar surface area (TPSA) is 165 Å². The number of aliphatic hydroxyl groups excluding tert-OH is 1. The fraction of sp³-hybridized carbons (Fsp3) is 0.829. The van der Waals surface area contributed by atoms with Crippen LogP contribution in [0.2, 0.25) is 0 Å². The Balaban J connectivity index is 3.98. The fourth-order valence-corrected chi connectivity index (χ4v) is 5.55. The Morgan fingerprint density at radius 2 is 1.09 bits per heavy atom. The van der Waals surface area contributed by atoms with Crippen LogP contribution in [0.15, 0.2) is 12.3 Å². The van der Waals surface area contributed by atoms with Gasteiger partial charge in [0.1, 0.15) is 11.8 Å². The third-order valence-electron chi connectivity index (χ3n) is 8.19. The summed E-state index contributed by atoms with van der Waals surface area (Å²) in [6, 6.07) is -1.04. The van der Waals surface area contributed by atoms with Crippen LogP contribution in [0.25, 0.3) is 0 Å². The van der Waals surface area contributed by atoms with Crippen molar-refractivity contribution in [2.45, 2.75) is 180 Å². The molecule has 0 unspecified atom stereocenters. The van der Waals surface area contributed by atoms with Gasteiger partial charge >= 0.3 is 11.9 Å². The van der Waals surface area contributed by atoms with Crippen LogP contribution in [-0.2, 0) is 19.2 Å². The number of hydrogen-bond acceptors (Lipinski definition) is 6. The third-order valence-corrected chi connectivity index (χ3v) is 8.19. The summed E-state index contributed by atoms with van der Waals surface area (Å²) in [5, 5.41) is 37.1. The number of aliphatic carboxylic acids is 2. The SMILES string of the molecule is C=C(O)[C@H](CCC(=O)NCCCC[C@H](NC(CCC)CCC)C(=O)O)NC(=O)CCCCCCCCCCCCCCC(=O)O. The zero-order chi connectivity index (χ0) is 33.7. The highest BCUT2D eigenvalue weighted by Crippen LogP contribution is 2.14. The maximum absolute atomic E-state index is 12.4. The first kappa shape index (κ1) is 42.4. The summed E-state index contributed by atoms with van der Waals surface area (Å²) in [5.41, 5.74) is 0. The third kappa shape index (κ3) is 26.3. The number of carbonyl (C=O) groups excluding carboxylic acids is 2. The van der Waals surface area contributed by atoms with Crippen LogP contribution >= 0.6 is 0 Å². The highest BCUT2D eigenvalue weighted by atomic mass is 16.4. The van der Waals surface area contributed by atoms with E-state index in [9.17, 15) is 29.4 Å². The van der Waals surface area contributed by atoms with E-state index in [-0.39, 0.29) is 42.9 Å². The number of unbranched alkanes of at least 4 members (excludes halogenated alkanes) is 12. The zero-order valence-electron chi connectivity index (χ0n) is 28.4. The molecule has 6 N–H and O–H groups in total. The zero-order valence-corrected chi connectivity index (χ0v) is 28.4. The second kappa shape index (κ2) is 28.8. The van der Waals surface area contributed by atoms with E-state index in [1.807, 2.05) is 0 Å². The van der Waals surface area contributed by atoms with Crippen molar-refractivity contribution in [1.29, 1.82) is 0 Å². The van der Waals surface area contributed by atoms with Gasteiger partial charge in [-0.15, -0.1) is 0 Å². The fourth-order valence-electron chi connectivity index (χ4n) is 5.55. The van der Waals surface area contributed by atoms with Crippen LogP contribution < -0.4 is 16.0 Å². The summed E-state index contributed by atoms with van der Waals surface area (Å²) in [6.45, 7) is 8.21. The van der Waals surface area contributed by atoms with Crippen molar-refractivity contribution in [2.75, 3.05) is 6.54 Å². The van der Waals surface area contributed by atoms with Crippen LogP contribution in [0.3, 0.4) is 0 Å². The van der Waals surface area contributed by atoms with Gasteiger partial charge in [0.2, 0.25) is 11.8 Å². The number of nitrogens with one attached hydrogen (secondary N) is 3. The number of rotatable bonds is 32. The van der Waals surface area contributed by atoms with Gasteiger partial charge in [0.15, 0.2) is 0 Å². The van der Waals surface area contributed by atoms with Crippen LogP contribution in [0, 0.1) is 0 Å². The second-order valence-corrected chi connectivity index (χ2v) is 12.5. The standard InChI is InChI=1S/C35H65N3O7/c1-4-20-29(21-5-2)37-31(35(44)45)22-18-19-27-36-32(40)26-25-30(28(3)39)38-33(41)23-16-14-12-10-8-6-7-9-11-13-15-17-24-34(42)43/h29-31,37,39H,3-27H2,1-2H3,(H,36,40)(H,38,41)(H,42,43)(H,44,45)/t30-,31-/m0/s1. The van der Waals surface area contributed by atoms with Gasteiger partial charge in [0.05, 0.1) is 6.04 Å². The molecule has 0 bridgehead atoms. The van der Waals surface area contributed by atoms with Gasteiger partial charge in [0, 0.05) is 31.8 Å². The van der Waals surface area contributed by atoms with Crippen LogP contribution in [-0.4, -0.2) is 63.7 Å². The molecule has 0 heterocycles. The summed E-state index contributed by atoms with van der Waals surface area (Å²) in [7, 11) is 0. The lowest BCUT2D eigenvalue weighted by Gasteiger charge is -2.23. The Kier molecular flexibility index (Phi) is 27.1. The van der Waals surface area contributed by atoms with Crippen LogP contribution in [0.4, 0.5) is 0 Å². The van der Waals surface area contributed by atoms with Crippen molar-refractivity contribution < 1.29 is 34.5 Å². The molecule has 0 spiro atoms. The average Bonchev–Trinajstić information content (AvgIpc) is 2.98. The molecule has 0 aromatic carbocycles. The Labute approximate surface area is 272 Å². The predicted octanol–water partition coefficient (Wildman–Crippen LogP) is 7.17. The van der Waals surface area contributed by atoms with Crippen LogP contribution in [0.1, 0.15) is 162 Å². The lowest BCUT2D eigenvalue weighted by Crippen LogP contribution is -2.43. The number of carboxylic acids is 2. The van der Waals surface area contributed by atoms with Gasteiger partial charge < -0.3 is 31.3 Å². The molecule has 0 saturated heterocycles. The first-order valence-corrected chi connectivity index (χ1v) is 17.7. The second-order valence-electron chi connectivity index (χ2n) is 12.5. The maximum atomic E-state index is 12.4. The Morgan fingerprint density at radius 3 is 1.56 bits per heavy atom. The number of carboxylic acid groups (broad SMARTS) is 2. The molecule has 10 nitrogen and oxygen atoms in total. The molecule has 0 aliphatic heterocycles. The Morgan fingerprint density at radius 1 is 0.578 bits per heavy atom. The van der Waals surface area contributed by atoms with Crippen molar-refractivity contribution in [3.05, 3.63) is 12.3 Å². The molecule has 0 radical (unpaired) electrons. The first-order valence-electron chi connectivity index (χ1n) is 17.7. The Bertz CT molecular complexity index is 815. The number of hydrogen-bond donors (Lipinski definition) is 6. The van der Waals surface area contributed by atoms with Gasteiger partial charge in [-0.3, -0.25) is 19.2 Å². The smallest absolute Gasteiger partial charge is 0.320 e. The highest BCUT2D eigenvalue weighted by Gasteiger charge is 2.21. The molecule has 0 rings (SSSR count). The molecule has 0 aromatic heterocycles. The van der Waals surface area contributed by atoms with Crippen molar-refractivity contribution in [3.8, 4) is 0 Å². The predicted molar refractivity (Wildman–Crippen MR) is 180 cm³/mol. The van der Waals surface area contributed by atoms with E-state index in [4.69, 9.17) is 5.11 Å². The largest absolute Gasteiger partial charge is 0.511 e. The molecular weight excluding hydrogens is 574 g/mol. The van der Waals surface area contributed by atoms with E-state index in [2.05, 4.69) is 36.4 Å². The van der Waals surface area contributed by atoms with Crippen molar-refractivity contribution in [3.63, 3.8) is 0 Å². The minimum absolute atomic E-state index is 0.143. The van der Waals surface area contributed by atoms with Crippen molar-refractivity contribution >= 4 is 23.8 Å². The van der Waals surface area contributed by atoms with Gasteiger partial charge in [0.25, 0.3) is 0 Å². The van der Waals surface area contributed by atoms with Crippen molar-refractivity contribution in [1.82, 2.24) is 16.0 Å². The molecule has 0 aromatic rings. The molecule has 2 atom stereocenters. The monoisotopic (exact) mass is 639 g/mol. The Hall–Kier alpha value is -2.62. The summed E-state index contributed by atoms with van der Waals surface area (Å²) < 4.78 is 0. The molecule has 0 saturated carbocycles. The lowest BCUT2D eigenvalue weighted by atomic mass is 10.0. The minimum atomic E-state index is -0.837. The maximum Gasteiger partial charge on any atom is 0.320 e. The molecule has 0 aliphatic carbocycles. The van der Waals surface area contributed by atoms with E-state index in [0.29, 0.717) is 32.2 Å². The summed E-state index contributed by atoms with van der Waals surface area (Å²) in [5.74, 6) is -2.03. The van der Waals surface area contributed by atoms with E-state index < -0.39 is 24.0 Å². The first-order chi connectivity index (χ1) is 21.6. The van der Waals surface area contributed by atoms with Gasteiger partial charge in [-0.1, -0.05) is 97.5 Å². The number of amides is 2. The van der Waals surface area contributed by atoms with E-state index >= 15 is 0 Å². The van der Waals surface area contributed by atoms with E-state index in [1.165, 1.54) is 32.1 Å². The van der Waals surface area contributed by atoms with Gasteiger partial charge in [-0.25, -0.2) is 0 Å². The molecular formula is C35H65N3O7. The molecule has 0 fully saturated rings. The number of carbonyl (C=O) groups is 4.